The highest BCUT2D eigenvalue weighted by Crippen LogP contribution is 2.41. The molecule has 0 aliphatic carbocycles. The van der Waals surface area contributed by atoms with Crippen LogP contribution in [0.2, 0.25) is 0 Å². The number of hydrogen-bond donors (Lipinski definition) is 1. The van der Waals surface area contributed by atoms with E-state index in [1.54, 1.807) is 30.6 Å². The molecule has 59 heavy (non-hydrogen) atoms. The fraction of sp³-hybridized carbons (Fsp3) is 0.222. The molecule has 0 unspecified atom stereocenters. The number of amides is 2. The van der Waals surface area contributed by atoms with Crippen LogP contribution in [-0.2, 0) is 36.7 Å². The molecule has 0 radical (unpaired) electrons. The first-order valence-electron chi connectivity index (χ1n) is 19.3. The number of rotatable bonds is 10. The van der Waals surface area contributed by atoms with Gasteiger partial charge in [-0.15, -0.1) is 0 Å². The van der Waals surface area contributed by atoms with Crippen LogP contribution in [0, 0.1) is 0 Å². The monoisotopic (exact) mass is 796 g/mol. The smallest absolute Gasteiger partial charge is 0.355 e. The van der Waals surface area contributed by atoms with Crippen LogP contribution in [0.3, 0.4) is 0 Å². The number of piperazine rings is 1. The SMILES string of the molecule is Cn1c(=O)c2ccc(-c3cnc(N4CCN5C(=O)NC[C@@H]5C4)nc3)cc2n1Cc1nc(COC(c2ccccc2)(c2ccccc2)c2ccccc2)ccc1C(F)(F)F. The standard InChI is InChI=1S/C45H39F3N8O3/c1-53-41(57)37-19-17-30(31-24-49-42(50-25-31)54-21-22-55-36(27-54)26-51-43(55)58)23-40(37)56(53)28-39-38(45(46,47)48)20-18-35(52-39)29-59-44(32-11-5-2-6-12-32,33-13-7-3-8-14-33)34-15-9-4-10-16-34/h2-20,23-25,36H,21-22,26-29H2,1H3,(H,51,58)/t36-/m1/s1. The lowest BCUT2D eigenvalue weighted by Crippen LogP contribution is -2.52. The number of benzene rings is 4. The summed E-state index contributed by atoms with van der Waals surface area (Å²) in [4.78, 5) is 43.2. The highest BCUT2D eigenvalue weighted by Gasteiger charge is 2.39. The second-order valence-electron chi connectivity index (χ2n) is 14.7. The van der Waals surface area contributed by atoms with E-state index >= 15 is 0 Å². The first kappa shape index (κ1) is 37.8. The Morgan fingerprint density at radius 3 is 2.02 bits per heavy atom. The van der Waals surface area contributed by atoms with Crippen molar-refractivity contribution in [3.8, 4) is 11.1 Å². The van der Waals surface area contributed by atoms with Crippen LogP contribution in [0.1, 0.15) is 33.6 Å². The minimum absolute atomic E-state index is 0.0451. The van der Waals surface area contributed by atoms with E-state index in [9.17, 15) is 22.8 Å². The quantitative estimate of drug-likeness (QED) is 0.149. The third-order valence-corrected chi connectivity index (χ3v) is 11.3. The summed E-state index contributed by atoms with van der Waals surface area (Å²) in [6.45, 7) is 1.88. The summed E-state index contributed by atoms with van der Waals surface area (Å²) < 4.78 is 53.8. The molecular formula is C45H39F3N8O3. The fourth-order valence-corrected chi connectivity index (χ4v) is 8.26. The van der Waals surface area contributed by atoms with Crippen LogP contribution in [0.15, 0.2) is 139 Å². The van der Waals surface area contributed by atoms with Gasteiger partial charge < -0.3 is 19.9 Å². The Hall–Kier alpha value is -6.80. The Morgan fingerprint density at radius 2 is 1.41 bits per heavy atom. The third-order valence-electron chi connectivity index (χ3n) is 11.3. The second kappa shape index (κ2) is 15.2. The molecule has 9 rings (SSSR count). The highest BCUT2D eigenvalue weighted by molar-refractivity contribution is 5.84. The third kappa shape index (κ3) is 6.99. The molecule has 1 N–H and O–H groups in total. The van der Waals surface area contributed by atoms with Crippen molar-refractivity contribution in [2.45, 2.75) is 31.0 Å². The maximum Gasteiger partial charge on any atom is 0.418 e. The number of ether oxygens (including phenoxy) is 1. The van der Waals surface area contributed by atoms with Crippen molar-refractivity contribution in [1.29, 1.82) is 0 Å². The maximum atomic E-state index is 14.7. The number of anilines is 1. The molecule has 14 heteroatoms. The topological polar surface area (TPSA) is 110 Å². The number of aromatic nitrogens is 5. The molecule has 2 aliphatic rings. The van der Waals surface area contributed by atoms with Crippen LogP contribution in [0.25, 0.3) is 22.0 Å². The lowest BCUT2D eigenvalue weighted by Gasteiger charge is -2.36. The molecule has 4 aromatic carbocycles. The van der Waals surface area contributed by atoms with E-state index in [1.165, 1.54) is 22.5 Å². The lowest BCUT2D eigenvalue weighted by molar-refractivity contribution is -0.138. The number of nitrogens with one attached hydrogen (secondary N) is 1. The zero-order valence-electron chi connectivity index (χ0n) is 32.0. The number of fused-ring (bicyclic) bond motifs is 2. The Labute approximate surface area is 337 Å². The summed E-state index contributed by atoms with van der Waals surface area (Å²) >= 11 is 0. The van der Waals surface area contributed by atoms with Gasteiger partial charge in [0.2, 0.25) is 5.95 Å². The molecule has 2 aliphatic heterocycles. The fourth-order valence-electron chi connectivity index (χ4n) is 8.26. The summed E-state index contributed by atoms with van der Waals surface area (Å²) in [6.07, 6.45) is -1.34. The van der Waals surface area contributed by atoms with Crippen molar-refractivity contribution in [3.05, 3.63) is 178 Å². The van der Waals surface area contributed by atoms with E-state index in [1.807, 2.05) is 101 Å². The van der Waals surface area contributed by atoms with Crippen molar-refractivity contribution in [2.24, 2.45) is 7.05 Å². The summed E-state index contributed by atoms with van der Waals surface area (Å²) in [6, 6.07) is 36.7. The molecule has 11 nitrogen and oxygen atoms in total. The minimum Gasteiger partial charge on any atom is -0.355 e. The van der Waals surface area contributed by atoms with Crippen LogP contribution in [0.5, 0.6) is 0 Å². The maximum absolute atomic E-state index is 14.7. The molecule has 0 saturated carbocycles. The number of halogens is 3. The average Bonchev–Trinajstić information content (AvgIpc) is 3.75. The van der Waals surface area contributed by atoms with Gasteiger partial charge in [-0.3, -0.25) is 19.1 Å². The summed E-state index contributed by atoms with van der Waals surface area (Å²) in [5.74, 6) is 0.536. The van der Waals surface area contributed by atoms with E-state index in [-0.39, 0.29) is 42.2 Å². The Kier molecular flexibility index (Phi) is 9.71. The van der Waals surface area contributed by atoms with Crippen LogP contribution in [-0.4, -0.2) is 67.5 Å². The van der Waals surface area contributed by atoms with Crippen molar-refractivity contribution in [3.63, 3.8) is 0 Å². The van der Waals surface area contributed by atoms with Crippen molar-refractivity contribution < 1.29 is 22.7 Å². The first-order valence-corrected chi connectivity index (χ1v) is 19.3. The predicted octanol–water partition coefficient (Wildman–Crippen LogP) is 6.98. The highest BCUT2D eigenvalue weighted by atomic mass is 19.4. The normalized spacial score (nSPS) is 15.7. The van der Waals surface area contributed by atoms with Gasteiger partial charge in [0, 0.05) is 51.2 Å². The number of hydrogen-bond acceptors (Lipinski definition) is 7. The van der Waals surface area contributed by atoms with E-state index < -0.39 is 17.3 Å². The molecule has 0 spiro atoms. The van der Waals surface area contributed by atoms with E-state index in [0.29, 0.717) is 54.2 Å². The van der Waals surface area contributed by atoms with Crippen molar-refractivity contribution in [1.82, 2.24) is 34.5 Å². The molecule has 1 atom stereocenters. The van der Waals surface area contributed by atoms with Crippen molar-refractivity contribution >= 4 is 22.9 Å². The van der Waals surface area contributed by atoms with Gasteiger partial charge in [0.15, 0.2) is 0 Å². The van der Waals surface area contributed by atoms with Gasteiger partial charge in [-0.05, 0) is 46.5 Å². The van der Waals surface area contributed by atoms with Gasteiger partial charge in [-0.1, -0.05) is 97.1 Å². The Bertz CT molecular complexity index is 2590. The van der Waals surface area contributed by atoms with Gasteiger partial charge in [-0.25, -0.2) is 14.8 Å². The molecule has 2 fully saturated rings. The molecule has 0 bridgehead atoms. The Balaban J connectivity index is 1.05. The minimum atomic E-state index is -4.72. The van der Waals surface area contributed by atoms with Crippen molar-refractivity contribution in [2.75, 3.05) is 31.1 Å². The first-order chi connectivity index (χ1) is 28.6. The molecule has 2 saturated heterocycles. The van der Waals surface area contributed by atoms with Gasteiger partial charge >= 0.3 is 12.2 Å². The molecule has 298 valence electrons. The molecule has 5 heterocycles. The average molecular weight is 797 g/mol. The number of urea groups is 1. The summed E-state index contributed by atoms with van der Waals surface area (Å²) in [5.41, 5.74) is 1.97. The van der Waals surface area contributed by atoms with Crippen LogP contribution >= 0.6 is 0 Å². The van der Waals surface area contributed by atoms with E-state index in [0.717, 1.165) is 22.8 Å². The zero-order chi connectivity index (χ0) is 40.7. The number of nitrogens with zero attached hydrogens (tertiary/aromatic N) is 7. The predicted molar refractivity (Wildman–Crippen MR) is 217 cm³/mol. The largest absolute Gasteiger partial charge is 0.418 e. The van der Waals surface area contributed by atoms with E-state index in [2.05, 4.69) is 20.3 Å². The molecule has 7 aromatic rings. The Morgan fingerprint density at radius 1 is 0.780 bits per heavy atom. The lowest BCUT2D eigenvalue weighted by atomic mass is 9.80. The summed E-state index contributed by atoms with van der Waals surface area (Å²) in [5, 5.41) is 3.22. The van der Waals surface area contributed by atoms with Gasteiger partial charge in [0.25, 0.3) is 5.56 Å². The van der Waals surface area contributed by atoms with Gasteiger partial charge in [0.05, 0.1) is 47.0 Å². The number of carbonyl (C=O) groups is 1. The number of carbonyl (C=O) groups excluding carboxylic acids is 1. The van der Waals surface area contributed by atoms with Crippen LogP contribution in [0.4, 0.5) is 23.9 Å². The number of pyridine rings is 1. The molecular weight excluding hydrogens is 758 g/mol. The van der Waals surface area contributed by atoms with Crippen LogP contribution < -0.4 is 15.8 Å². The molecule has 3 aromatic heterocycles. The molecule has 2 amide bonds. The zero-order valence-corrected chi connectivity index (χ0v) is 32.0. The van der Waals surface area contributed by atoms with E-state index in [4.69, 9.17) is 4.74 Å². The van der Waals surface area contributed by atoms with Gasteiger partial charge in [-0.2, -0.15) is 13.2 Å². The number of alkyl halides is 3. The second-order valence-corrected chi connectivity index (χ2v) is 14.7. The van der Waals surface area contributed by atoms with Gasteiger partial charge in [0.1, 0.15) is 5.60 Å². The summed E-state index contributed by atoms with van der Waals surface area (Å²) in [7, 11) is 1.53.